The molecule has 0 spiro atoms. The Morgan fingerprint density at radius 1 is 0.750 bits per heavy atom. The summed E-state index contributed by atoms with van der Waals surface area (Å²) in [5.41, 5.74) is 13.4. The quantitative estimate of drug-likeness (QED) is 0.175. The highest BCUT2D eigenvalue weighted by Crippen LogP contribution is 2.52. The molecule has 4 heteroatoms. The average Bonchev–Trinajstić information content (AvgIpc) is 3.59. The fraction of sp³-hybridized carbons (Fsp3) is 0.0909. The van der Waals surface area contributed by atoms with Crippen molar-refractivity contribution in [3.63, 3.8) is 0 Å². The molecule has 6 aromatic carbocycles. The number of benzene rings is 6. The summed E-state index contributed by atoms with van der Waals surface area (Å²) in [5, 5.41) is 24.4. The number of rotatable bonds is 7. The number of nitriles is 1. The number of nitrogens with one attached hydrogen (secondary N) is 2. The molecule has 7 aromatic rings. The normalized spacial score (nSPS) is 13.2. The van der Waals surface area contributed by atoms with Crippen LogP contribution in [0.3, 0.4) is 0 Å². The van der Waals surface area contributed by atoms with E-state index in [0.29, 0.717) is 23.4 Å². The predicted molar refractivity (Wildman–Crippen MR) is 198 cm³/mol. The summed E-state index contributed by atoms with van der Waals surface area (Å²) in [6.45, 7) is 5.28. The van der Waals surface area contributed by atoms with Gasteiger partial charge in [0.1, 0.15) is 0 Å². The molecule has 0 aliphatic heterocycles. The molecule has 0 bridgehead atoms. The third-order valence-corrected chi connectivity index (χ3v) is 9.68. The Bertz CT molecular complexity index is 2450. The molecule has 0 unspecified atom stereocenters. The van der Waals surface area contributed by atoms with Crippen LogP contribution in [0, 0.1) is 16.7 Å². The lowest BCUT2D eigenvalue weighted by atomic mass is 9.81. The molecule has 1 aliphatic rings. The molecule has 1 aliphatic carbocycles. The molecule has 230 valence electrons. The maximum Gasteiger partial charge on any atom is 0.0991 e. The van der Waals surface area contributed by atoms with Gasteiger partial charge in [-0.25, -0.2) is 0 Å². The van der Waals surface area contributed by atoms with Gasteiger partial charge in [-0.15, -0.1) is 0 Å². The maximum absolute atomic E-state index is 9.38. The zero-order valence-corrected chi connectivity index (χ0v) is 27.0. The number of hydrogen-bond donors (Lipinski definition) is 2. The van der Waals surface area contributed by atoms with E-state index in [0.717, 1.165) is 22.5 Å². The predicted octanol–water partition coefficient (Wildman–Crippen LogP) is 10.2. The number of fused-ring (bicyclic) bond motifs is 7. The summed E-state index contributed by atoms with van der Waals surface area (Å²) in [4.78, 5) is 0. The van der Waals surface area contributed by atoms with Crippen LogP contribution in [0.25, 0.3) is 44.3 Å². The van der Waals surface area contributed by atoms with E-state index in [2.05, 4.69) is 115 Å². The van der Waals surface area contributed by atoms with Crippen LogP contribution in [0.1, 0.15) is 47.2 Å². The number of aromatic nitrogens is 1. The van der Waals surface area contributed by atoms with Gasteiger partial charge in [-0.2, -0.15) is 5.26 Å². The van der Waals surface area contributed by atoms with Gasteiger partial charge in [-0.05, 0) is 69.8 Å². The fourth-order valence-electron chi connectivity index (χ4n) is 7.42. The summed E-state index contributed by atoms with van der Waals surface area (Å²) in [7, 11) is 0. The Labute approximate surface area is 280 Å². The van der Waals surface area contributed by atoms with Crippen LogP contribution >= 0.6 is 0 Å². The first kappa shape index (κ1) is 29.2. The molecule has 8 rings (SSSR count). The topological polar surface area (TPSA) is 64.6 Å². The summed E-state index contributed by atoms with van der Waals surface area (Å²) in [5.74, 6) is 0. The van der Waals surface area contributed by atoms with E-state index in [1.54, 1.807) is 12.1 Å². The standard InChI is InChI=1S/C44H34N4/c1-44(2)38-20-8-6-18-34(38)36-22-23-37-35-19-7-9-21-41(35)48(43(37)42(36)44)33-17-11-13-30(25-33)28-47-40(31-14-4-3-5-15-31)26-39(46)32-16-10-12-29(24-32)27-45/h3-26,46-47H,28H2,1-2H3/b40-26-,46-39?. The fourth-order valence-corrected chi connectivity index (χ4v) is 7.42. The van der Waals surface area contributed by atoms with Crippen molar-refractivity contribution in [3.8, 4) is 22.9 Å². The van der Waals surface area contributed by atoms with E-state index < -0.39 is 0 Å². The van der Waals surface area contributed by atoms with Crippen molar-refractivity contribution in [2.75, 3.05) is 0 Å². The van der Waals surface area contributed by atoms with Crippen LogP contribution in [-0.4, -0.2) is 10.3 Å². The van der Waals surface area contributed by atoms with E-state index in [9.17, 15) is 5.26 Å². The van der Waals surface area contributed by atoms with Crippen molar-refractivity contribution in [1.29, 1.82) is 10.7 Å². The van der Waals surface area contributed by atoms with Crippen molar-refractivity contribution < 1.29 is 0 Å². The van der Waals surface area contributed by atoms with Gasteiger partial charge in [-0.3, -0.25) is 0 Å². The smallest absolute Gasteiger partial charge is 0.0991 e. The van der Waals surface area contributed by atoms with E-state index in [1.807, 2.05) is 48.5 Å². The Kier molecular flexibility index (Phi) is 7.04. The highest BCUT2D eigenvalue weighted by Gasteiger charge is 2.38. The number of nitrogens with zero attached hydrogens (tertiary/aromatic N) is 2. The first-order chi connectivity index (χ1) is 23.4. The Balaban J connectivity index is 1.21. The van der Waals surface area contributed by atoms with Gasteiger partial charge in [0.25, 0.3) is 0 Å². The molecule has 0 saturated heterocycles. The molecule has 1 heterocycles. The zero-order chi connectivity index (χ0) is 32.8. The molecule has 0 saturated carbocycles. The number of hydrogen-bond acceptors (Lipinski definition) is 3. The van der Waals surface area contributed by atoms with Crippen LogP contribution in [0.15, 0.2) is 146 Å². The third kappa shape index (κ3) is 4.80. The minimum absolute atomic E-state index is 0.149. The van der Waals surface area contributed by atoms with Gasteiger partial charge >= 0.3 is 0 Å². The lowest BCUT2D eigenvalue weighted by Gasteiger charge is -2.23. The summed E-state index contributed by atoms with van der Waals surface area (Å²) in [6, 6.07) is 50.4. The van der Waals surface area contributed by atoms with Gasteiger partial charge in [-0.1, -0.05) is 123 Å². The second-order valence-corrected chi connectivity index (χ2v) is 13.0. The van der Waals surface area contributed by atoms with Gasteiger partial charge in [0.05, 0.1) is 28.4 Å². The molecule has 48 heavy (non-hydrogen) atoms. The van der Waals surface area contributed by atoms with E-state index in [-0.39, 0.29) is 5.41 Å². The van der Waals surface area contributed by atoms with Gasteiger partial charge in [0.15, 0.2) is 0 Å². The first-order valence-electron chi connectivity index (χ1n) is 16.3. The monoisotopic (exact) mass is 618 g/mol. The van der Waals surface area contributed by atoms with Crippen LogP contribution in [-0.2, 0) is 12.0 Å². The molecule has 0 amide bonds. The van der Waals surface area contributed by atoms with Crippen LogP contribution in [0.5, 0.6) is 0 Å². The molecule has 4 nitrogen and oxygen atoms in total. The molecule has 0 radical (unpaired) electrons. The Morgan fingerprint density at radius 2 is 1.50 bits per heavy atom. The first-order valence-corrected chi connectivity index (χ1v) is 16.3. The Hall–Kier alpha value is -6.18. The van der Waals surface area contributed by atoms with E-state index in [4.69, 9.17) is 5.41 Å². The van der Waals surface area contributed by atoms with Crippen LogP contribution in [0.2, 0.25) is 0 Å². The molecule has 2 N–H and O–H groups in total. The van der Waals surface area contributed by atoms with Gasteiger partial charge < -0.3 is 15.3 Å². The molecular formula is C44H34N4. The van der Waals surface area contributed by atoms with E-state index >= 15 is 0 Å². The lowest BCUT2D eigenvalue weighted by Crippen LogP contribution is -2.16. The van der Waals surface area contributed by atoms with Crippen molar-refractivity contribution in [3.05, 3.63) is 179 Å². The molecule has 0 fully saturated rings. The zero-order valence-electron chi connectivity index (χ0n) is 27.0. The number of para-hydroxylation sites is 1. The van der Waals surface area contributed by atoms with Crippen molar-refractivity contribution in [2.45, 2.75) is 25.8 Å². The van der Waals surface area contributed by atoms with Crippen molar-refractivity contribution >= 4 is 33.2 Å². The summed E-state index contributed by atoms with van der Waals surface area (Å²) < 4.78 is 2.45. The van der Waals surface area contributed by atoms with Crippen LogP contribution in [0.4, 0.5) is 0 Å². The second kappa shape index (κ2) is 11.6. The Morgan fingerprint density at radius 3 is 2.35 bits per heavy atom. The summed E-state index contributed by atoms with van der Waals surface area (Å²) >= 11 is 0. The SMILES string of the molecule is CC1(C)c2ccccc2-c2ccc3c4ccccc4n(-c4cccc(CN/C(=C\C(=N)c5cccc(C#N)c5)c5ccccc5)c4)c3c21. The third-order valence-electron chi connectivity index (χ3n) is 9.68. The van der Waals surface area contributed by atoms with Gasteiger partial charge in [0, 0.05) is 39.7 Å². The summed E-state index contributed by atoms with van der Waals surface area (Å²) in [6.07, 6.45) is 1.85. The molecule has 0 atom stereocenters. The minimum Gasteiger partial charge on any atom is -0.380 e. The maximum atomic E-state index is 9.38. The molecular weight excluding hydrogens is 585 g/mol. The van der Waals surface area contributed by atoms with Crippen molar-refractivity contribution in [2.24, 2.45) is 0 Å². The average molecular weight is 619 g/mol. The van der Waals surface area contributed by atoms with Crippen molar-refractivity contribution in [1.82, 2.24) is 9.88 Å². The van der Waals surface area contributed by atoms with Gasteiger partial charge in [0.2, 0.25) is 0 Å². The molecule has 1 aromatic heterocycles. The lowest BCUT2D eigenvalue weighted by molar-refractivity contribution is 0.664. The highest BCUT2D eigenvalue weighted by molar-refractivity contribution is 6.13. The highest BCUT2D eigenvalue weighted by atomic mass is 15.0. The largest absolute Gasteiger partial charge is 0.380 e. The minimum atomic E-state index is -0.149. The number of allylic oxidation sites excluding steroid dienone is 1. The van der Waals surface area contributed by atoms with Crippen LogP contribution < -0.4 is 5.32 Å². The van der Waals surface area contributed by atoms with E-state index in [1.165, 1.54) is 44.1 Å². The second-order valence-electron chi connectivity index (χ2n) is 13.0.